The summed E-state index contributed by atoms with van der Waals surface area (Å²) in [5.74, 6) is 0. The van der Waals surface area contributed by atoms with E-state index in [0.717, 1.165) is 16.8 Å². The van der Waals surface area contributed by atoms with Crippen LogP contribution in [0.15, 0.2) is 33.1 Å². The van der Waals surface area contributed by atoms with E-state index < -0.39 is 0 Å². The summed E-state index contributed by atoms with van der Waals surface area (Å²) in [6.07, 6.45) is 4.69. The van der Waals surface area contributed by atoms with E-state index in [1.165, 1.54) is 4.88 Å². The van der Waals surface area contributed by atoms with Crippen molar-refractivity contribution in [3.05, 3.63) is 43.7 Å². The maximum Gasteiger partial charge on any atom is 0.328 e. The molecule has 2 aromatic rings. The van der Waals surface area contributed by atoms with E-state index in [1.807, 2.05) is 24.5 Å². The number of hydrogen-bond acceptors (Lipinski definition) is 2. The number of hydrogen-bond donors (Lipinski definition) is 0. The van der Waals surface area contributed by atoms with Crippen LogP contribution in [0.2, 0.25) is 0 Å². The van der Waals surface area contributed by atoms with Crippen LogP contribution in [-0.4, -0.2) is 9.13 Å². The second-order valence-corrected chi connectivity index (χ2v) is 6.16. The lowest BCUT2D eigenvalue weighted by Gasteiger charge is -1.99. The monoisotopic (exact) mass is 300 g/mol. The van der Waals surface area contributed by atoms with Crippen LogP contribution >= 0.6 is 27.3 Å². The molecule has 0 spiro atoms. The highest BCUT2D eigenvalue weighted by molar-refractivity contribution is 9.11. The van der Waals surface area contributed by atoms with Crippen LogP contribution in [0.3, 0.4) is 0 Å². The largest absolute Gasteiger partial charge is 0.328 e. The number of nitrogens with zero attached hydrogens (tertiary/aromatic N) is 2. The Bertz CT molecular complexity index is 526. The van der Waals surface area contributed by atoms with Crippen molar-refractivity contribution in [2.45, 2.75) is 26.4 Å². The van der Waals surface area contributed by atoms with Gasteiger partial charge in [0.25, 0.3) is 0 Å². The minimum absolute atomic E-state index is 0.0753. The van der Waals surface area contributed by atoms with Crippen LogP contribution < -0.4 is 5.69 Å². The average molecular weight is 301 g/mol. The van der Waals surface area contributed by atoms with E-state index in [2.05, 4.69) is 22.9 Å². The molecule has 0 unspecified atom stereocenters. The van der Waals surface area contributed by atoms with Gasteiger partial charge < -0.3 is 0 Å². The SMILES string of the molecule is CCCn1ccn(Cc2ccc(Br)s2)c1=O. The number of imidazole rings is 1. The molecule has 0 fully saturated rings. The Morgan fingerprint density at radius 3 is 2.69 bits per heavy atom. The molecule has 2 rings (SSSR count). The van der Waals surface area contributed by atoms with Crippen molar-refractivity contribution in [1.29, 1.82) is 0 Å². The summed E-state index contributed by atoms with van der Waals surface area (Å²) in [5.41, 5.74) is 0.0753. The van der Waals surface area contributed by atoms with Crippen LogP contribution in [0, 0.1) is 0 Å². The molecule has 0 bridgehead atoms. The number of aryl methyl sites for hydroxylation is 1. The van der Waals surface area contributed by atoms with Crippen molar-refractivity contribution in [3.63, 3.8) is 0 Å². The smallest absolute Gasteiger partial charge is 0.299 e. The predicted molar refractivity (Wildman–Crippen MR) is 70.1 cm³/mol. The standard InChI is InChI=1S/C11H13BrN2OS/c1-2-5-13-6-7-14(11(13)15)8-9-3-4-10(12)16-9/h3-4,6-7H,2,5,8H2,1H3. The average Bonchev–Trinajstić information content (AvgIpc) is 2.80. The Hall–Kier alpha value is -0.810. The molecule has 2 aromatic heterocycles. The fourth-order valence-corrected chi connectivity index (χ4v) is 3.07. The fourth-order valence-electron chi connectivity index (χ4n) is 1.59. The third-order valence-corrected chi connectivity index (χ3v) is 3.95. The van der Waals surface area contributed by atoms with Gasteiger partial charge in [-0.05, 0) is 34.5 Å². The summed E-state index contributed by atoms with van der Waals surface area (Å²) in [5, 5.41) is 0. The van der Waals surface area contributed by atoms with Gasteiger partial charge in [0.1, 0.15) is 0 Å². The van der Waals surface area contributed by atoms with Gasteiger partial charge in [-0.25, -0.2) is 4.79 Å². The molecule has 0 radical (unpaired) electrons. The van der Waals surface area contributed by atoms with E-state index >= 15 is 0 Å². The highest BCUT2D eigenvalue weighted by atomic mass is 79.9. The summed E-state index contributed by atoms with van der Waals surface area (Å²) in [6.45, 7) is 3.52. The van der Waals surface area contributed by atoms with Crippen LogP contribution in [0.25, 0.3) is 0 Å². The molecule has 86 valence electrons. The van der Waals surface area contributed by atoms with E-state index in [1.54, 1.807) is 20.5 Å². The fraction of sp³-hybridized carbons (Fsp3) is 0.364. The van der Waals surface area contributed by atoms with Crippen molar-refractivity contribution >= 4 is 27.3 Å². The van der Waals surface area contributed by atoms with E-state index in [9.17, 15) is 4.79 Å². The molecule has 16 heavy (non-hydrogen) atoms. The first-order valence-corrected chi connectivity index (χ1v) is 6.81. The lowest BCUT2D eigenvalue weighted by atomic mass is 10.4. The zero-order chi connectivity index (χ0) is 11.5. The quantitative estimate of drug-likeness (QED) is 0.853. The molecule has 0 atom stereocenters. The minimum Gasteiger partial charge on any atom is -0.299 e. The van der Waals surface area contributed by atoms with Gasteiger partial charge in [0.05, 0.1) is 10.3 Å². The summed E-state index contributed by atoms with van der Waals surface area (Å²) >= 11 is 5.08. The predicted octanol–water partition coefficient (Wildman–Crippen LogP) is 2.93. The molecule has 0 aliphatic rings. The Morgan fingerprint density at radius 2 is 2.06 bits per heavy atom. The molecule has 2 heterocycles. The van der Waals surface area contributed by atoms with E-state index in [-0.39, 0.29) is 5.69 Å². The van der Waals surface area contributed by atoms with Gasteiger partial charge in [-0.15, -0.1) is 11.3 Å². The normalized spacial score (nSPS) is 10.9. The van der Waals surface area contributed by atoms with Crippen molar-refractivity contribution in [2.75, 3.05) is 0 Å². The number of aromatic nitrogens is 2. The van der Waals surface area contributed by atoms with Gasteiger partial charge in [-0.1, -0.05) is 6.92 Å². The summed E-state index contributed by atoms with van der Waals surface area (Å²) < 4.78 is 4.60. The van der Waals surface area contributed by atoms with Crippen molar-refractivity contribution < 1.29 is 0 Å². The van der Waals surface area contributed by atoms with Crippen LogP contribution in [0.5, 0.6) is 0 Å². The number of thiophene rings is 1. The minimum atomic E-state index is 0.0753. The molecule has 0 saturated heterocycles. The first kappa shape index (κ1) is 11.7. The van der Waals surface area contributed by atoms with Gasteiger partial charge in [-0.3, -0.25) is 9.13 Å². The number of halogens is 1. The molecule has 5 heteroatoms. The first-order valence-electron chi connectivity index (χ1n) is 5.20. The Labute approximate surface area is 106 Å². The van der Waals surface area contributed by atoms with E-state index in [4.69, 9.17) is 0 Å². The maximum absolute atomic E-state index is 11.9. The lowest BCUT2D eigenvalue weighted by Crippen LogP contribution is -2.24. The Balaban J connectivity index is 2.19. The third-order valence-electron chi connectivity index (χ3n) is 2.34. The molecular formula is C11H13BrN2OS. The topological polar surface area (TPSA) is 26.9 Å². The summed E-state index contributed by atoms with van der Waals surface area (Å²) in [7, 11) is 0. The molecule has 0 aliphatic heterocycles. The van der Waals surface area contributed by atoms with Crippen molar-refractivity contribution in [1.82, 2.24) is 9.13 Å². The van der Waals surface area contributed by atoms with Gasteiger partial charge in [-0.2, -0.15) is 0 Å². The zero-order valence-corrected chi connectivity index (χ0v) is 11.4. The second kappa shape index (κ2) is 5.01. The lowest BCUT2D eigenvalue weighted by molar-refractivity contribution is 0.625. The Morgan fingerprint density at radius 1 is 1.31 bits per heavy atom. The first-order chi connectivity index (χ1) is 7.70. The maximum atomic E-state index is 11.9. The van der Waals surface area contributed by atoms with Crippen LogP contribution in [0.4, 0.5) is 0 Å². The molecule has 0 saturated carbocycles. The molecule has 3 nitrogen and oxygen atoms in total. The zero-order valence-electron chi connectivity index (χ0n) is 9.02. The highest BCUT2D eigenvalue weighted by Crippen LogP contribution is 2.22. The van der Waals surface area contributed by atoms with Crippen LogP contribution in [0.1, 0.15) is 18.2 Å². The van der Waals surface area contributed by atoms with Gasteiger partial charge in [0.2, 0.25) is 0 Å². The van der Waals surface area contributed by atoms with Crippen LogP contribution in [-0.2, 0) is 13.1 Å². The Kier molecular flexibility index (Phi) is 3.66. The van der Waals surface area contributed by atoms with Gasteiger partial charge >= 0.3 is 5.69 Å². The van der Waals surface area contributed by atoms with Crippen molar-refractivity contribution in [2.24, 2.45) is 0 Å². The highest BCUT2D eigenvalue weighted by Gasteiger charge is 2.04. The van der Waals surface area contributed by atoms with Gasteiger partial charge in [0.15, 0.2) is 0 Å². The summed E-state index contributed by atoms with van der Waals surface area (Å²) in [6, 6.07) is 4.05. The van der Waals surface area contributed by atoms with Gasteiger partial charge in [0, 0.05) is 23.8 Å². The second-order valence-electron chi connectivity index (χ2n) is 3.61. The molecule has 0 aliphatic carbocycles. The molecular weight excluding hydrogens is 288 g/mol. The third kappa shape index (κ3) is 2.47. The number of rotatable bonds is 4. The summed E-state index contributed by atoms with van der Waals surface area (Å²) in [4.78, 5) is 13.1. The molecule has 0 amide bonds. The van der Waals surface area contributed by atoms with E-state index in [0.29, 0.717) is 6.54 Å². The van der Waals surface area contributed by atoms with Crippen molar-refractivity contribution in [3.8, 4) is 0 Å². The molecule has 0 N–H and O–H groups in total. The molecule has 0 aromatic carbocycles.